The third kappa shape index (κ3) is 5.47. The number of nitrogens with one attached hydrogen (secondary N) is 2. The molecule has 0 aromatic heterocycles. The van der Waals surface area contributed by atoms with Gasteiger partial charge in [-0.2, -0.15) is 13.2 Å². The third-order valence-corrected chi connectivity index (χ3v) is 5.07. The van der Waals surface area contributed by atoms with Crippen LogP contribution in [0.25, 0.3) is 0 Å². The van der Waals surface area contributed by atoms with Crippen molar-refractivity contribution in [2.24, 2.45) is 5.92 Å². The van der Waals surface area contributed by atoms with Gasteiger partial charge in [-0.3, -0.25) is 4.79 Å². The molecule has 2 aromatic carbocycles. The molecule has 7 heteroatoms. The fraction of sp³-hybridized carbons (Fsp3) is 0.381. The van der Waals surface area contributed by atoms with Crippen molar-refractivity contribution < 1.29 is 22.4 Å². The molecule has 0 aliphatic heterocycles. The van der Waals surface area contributed by atoms with Crippen LogP contribution in [0.1, 0.15) is 41.6 Å². The van der Waals surface area contributed by atoms with Crippen molar-refractivity contribution in [1.29, 1.82) is 0 Å². The van der Waals surface area contributed by atoms with Crippen molar-refractivity contribution in [3.8, 4) is 0 Å². The summed E-state index contributed by atoms with van der Waals surface area (Å²) >= 11 is 0. The molecule has 2 aromatic rings. The number of benzene rings is 2. The lowest BCUT2D eigenvalue weighted by Crippen LogP contribution is -2.38. The van der Waals surface area contributed by atoms with Gasteiger partial charge in [0.25, 0.3) is 5.91 Å². The van der Waals surface area contributed by atoms with Crippen LogP contribution in [-0.4, -0.2) is 18.5 Å². The first-order valence-electron chi connectivity index (χ1n) is 9.29. The molecule has 0 heterocycles. The van der Waals surface area contributed by atoms with E-state index in [1.165, 1.54) is 24.3 Å². The maximum atomic E-state index is 12.9. The zero-order chi connectivity index (χ0) is 20.1. The zero-order valence-electron chi connectivity index (χ0n) is 15.2. The van der Waals surface area contributed by atoms with Crippen molar-refractivity contribution in [2.75, 3.05) is 11.9 Å². The van der Waals surface area contributed by atoms with E-state index in [4.69, 9.17) is 0 Å². The third-order valence-electron chi connectivity index (χ3n) is 5.07. The van der Waals surface area contributed by atoms with E-state index >= 15 is 0 Å². The standard InChI is InChI=1S/C21H22F4N2O/c22-17-6-10-18(11-7-17)26-13-14-4-8-19(9-5-14)27-20(28)15-2-1-3-16(12-15)21(23,24)25/h1-3,6-7,10-12,14,19,26H,4-5,8-9,13H2,(H,27,28). The van der Waals surface area contributed by atoms with Gasteiger partial charge in [-0.05, 0) is 74.1 Å². The molecular formula is C21H22F4N2O. The second kappa shape index (κ2) is 8.63. The molecule has 1 fully saturated rings. The Morgan fingerprint density at radius 1 is 1.00 bits per heavy atom. The van der Waals surface area contributed by atoms with Crippen molar-refractivity contribution in [1.82, 2.24) is 5.32 Å². The van der Waals surface area contributed by atoms with Crippen LogP contribution in [0, 0.1) is 11.7 Å². The smallest absolute Gasteiger partial charge is 0.385 e. The van der Waals surface area contributed by atoms with E-state index in [-0.39, 0.29) is 17.4 Å². The minimum Gasteiger partial charge on any atom is -0.385 e. The number of carbonyl (C=O) groups is 1. The number of hydrogen-bond donors (Lipinski definition) is 2. The molecule has 2 N–H and O–H groups in total. The van der Waals surface area contributed by atoms with E-state index in [1.54, 1.807) is 12.1 Å². The van der Waals surface area contributed by atoms with Crippen LogP contribution >= 0.6 is 0 Å². The molecule has 1 saturated carbocycles. The van der Waals surface area contributed by atoms with Crippen molar-refractivity contribution in [3.63, 3.8) is 0 Å². The van der Waals surface area contributed by atoms with Gasteiger partial charge in [-0.25, -0.2) is 4.39 Å². The number of alkyl halides is 3. The summed E-state index contributed by atoms with van der Waals surface area (Å²) < 4.78 is 51.3. The molecule has 0 bridgehead atoms. The minimum atomic E-state index is -4.47. The molecule has 3 rings (SSSR count). The summed E-state index contributed by atoms with van der Waals surface area (Å²) in [6.07, 6.45) is -1.10. The number of amides is 1. The van der Waals surface area contributed by atoms with Gasteiger partial charge in [0.1, 0.15) is 5.82 Å². The fourth-order valence-electron chi connectivity index (χ4n) is 3.45. The first kappa shape index (κ1) is 20.2. The van der Waals surface area contributed by atoms with E-state index in [1.807, 2.05) is 0 Å². The molecule has 150 valence electrons. The van der Waals surface area contributed by atoms with Crippen LogP contribution in [0.15, 0.2) is 48.5 Å². The van der Waals surface area contributed by atoms with Crippen molar-refractivity contribution in [3.05, 3.63) is 65.5 Å². The van der Waals surface area contributed by atoms with Gasteiger partial charge in [-0.1, -0.05) is 6.07 Å². The van der Waals surface area contributed by atoms with Gasteiger partial charge in [0.05, 0.1) is 5.56 Å². The van der Waals surface area contributed by atoms with E-state index in [2.05, 4.69) is 10.6 Å². The van der Waals surface area contributed by atoms with Crippen LogP contribution in [0.2, 0.25) is 0 Å². The summed E-state index contributed by atoms with van der Waals surface area (Å²) in [5, 5.41) is 6.13. The van der Waals surface area contributed by atoms with Crippen molar-refractivity contribution in [2.45, 2.75) is 37.9 Å². The SMILES string of the molecule is O=C(NC1CCC(CNc2ccc(F)cc2)CC1)c1cccc(C(F)(F)F)c1. The summed E-state index contributed by atoms with van der Waals surface area (Å²) in [4.78, 5) is 12.3. The van der Waals surface area contributed by atoms with Crippen molar-refractivity contribution >= 4 is 11.6 Å². The van der Waals surface area contributed by atoms with Crippen LogP contribution in [-0.2, 0) is 6.18 Å². The van der Waals surface area contributed by atoms with Crippen LogP contribution < -0.4 is 10.6 Å². The molecule has 0 radical (unpaired) electrons. The highest BCUT2D eigenvalue weighted by molar-refractivity contribution is 5.94. The highest BCUT2D eigenvalue weighted by atomic mass is 19.4. The second-order valence-electron chi connectivity index (χ2n) is 7.16. The Kier molecular flexibility index (Phi) is 6.21. The quantitative estimate of drug-likeness (QED) is 0.681. The molecule has 1 amide bonds. The molecule has 3 nitrogen and oxygen atoms in total. The summed E-state index contributed by atoms with van der Waals surface area (Å²) in [6, 6.07) is 10.6. The average molecular weight is 394 g/mol. The lowest BCUT2D eigenvalue weighted by Gasteiger charge is -2.29. The van der Waals surface area contributed by atoms with Gasteiger partial charge in [0.15, 0.2) is 0 Å². The fourth-order valence-corrected chi connectivity index (χ4v) is 3.45. The van der Waals surface area contributed by atoms with Crippen LogP contribution in [0.4, 0.5) is 23.2 Å². The number of rotatable bonds is 5. The van der Waals surface area contributed by atoms with Crippen LogP contribution in [0.3, 0.4) is 0 Å². The summed E-state index contributed by atoms with van der Waals surface area (Å²) in [7, 11) is 0. The summed E-state index contributed by atoms with van der Waals surface area (Å²) in [5.41, 5.74) is 0.0621. The second-order valence-corrected chi connectivity index (χ2v) is 7.16. The molecule has 0 saturated heterocycles. The molecule has 0 atom stereocenters. The Labute approximate surface area is 161 Å². The zero-order valence-corrected chi connectivity index (χ0v) is 15.2. The predicted octanol–water partition coefficient (Wildman–Crippen LogP) is 5.25. The van der Waals surface area contributed by atoms with Gasteiger partial charge < -0.3 is 10.6 Å². The molecular weight excluding hydrogens is 372 g/mol. The molecule has 28 heavy (non-hydrogen) atoms. The maximum absolute atomic E-state index is 12.9. The van der Waals surface area contributed by atoms with E-state index < -0.39 is 17.6 Å². The Bertz CT molecular complexity index is 797. The maximum Gasteiger partial charge on any atom is 0.416 e. The monoisotopic (exact) mass is 394 g/mol. The number of halogens is 4. The first-order chi connectivity index (χ1) is 13.3. The predicted molar refractivity (Wildman–Crippen MR) is 99.5 cm³/mol. The lowest BCUT2D eigenvalue weighted by atomic mass is 9.86. The van der Waals surface area contributed by atoms with E-state index in [0.29, 0.717) is 5.92 Å². The highest BCUT2D eigenvalue weighted by Gasteiger charge is 2.31. The lowest BCUT2D eigenvalue weighted by molar-refractivity contribution is -0.137. The first-order valence-corrected chi connectivity index (χ1v) is 9.29. The van der Waals surface area contributed by atoms with E-state index in [0.717, 1.165) is 50.0 Å². The number of anilines is 1. The van der Waals surface area contributed by atoms with Gasteiger partial charge in [0, 0.05) is 23.8 Å². The molecule has 1 aliphatic carbocycles. The summed E-state index contributed by atoms with van der Waals surface area (Å²) in [5.74, 6) is -0.312. The summed E-state index contributed by atoms with van der Waals surface area (Å²) in [6.45, 7) is 0.764. The Balaban J connectivity index is 1.46. The number of hydrogen-bond acceptors (Lipinski definition) is 2. The van der Waals surface area contributed by atoms with E-state index in [9.17, 15) is 22.4 Å². The highest BCUT2D eigenvalue weighted by Crippen LogP contribution is 2.30. The molecule has 0 spiro atoms. The van der Waals surface area contributed by atoms with Crippen LogP contribution in [0.5, 0.6) is 0 Å². The number of carbonyl (C=O) groups excluding carboxylic acids is 1. The average Bonchev–Trinajstić information content (AvgIpc) is 2.68. The Hall–Kier alpha value is -2.57. The Morgan fingerprint density at radius 2 is 1.68 bits per heavy atom. The Morgan fingerprint density at radius 3 is 2.32 bits per heavy atom. The minimum absolute atomic E-state index is 0.0231. The largest absolute Gasteiger partial charge is 0.416 e. The topological polar surface area (TPSA) is 41.1 Å². The van der Waals surface area contributed by atoms with Gasteiger partial charge in [0.2, 0.25) is 0 Å². The van der Waals surface area contributed by atoms with Gasteiger partial charge >= 0.3 is 6.18 Å². The molecule has 1 aliphatic rings. The normalized spacial score (nSPS) is 19.9. The van der Waals surface area contributed by atoms with Gasteiger partial charge in [-0.15, -0.1) is 0 Å². The molecule has 0 unspecified atom stereocenters.